The van der Waals surface area contributed by atoms with Gasteiger partial charge < -0.3 is 9.84 Å². The fourth-order valence-corrected chi connectivity index (χ4v) is 0.269. The van der Waals surface area contributed by atoms with Crippen molar-refractivity contribution in [1.29, 1.82) is 0 Å². The lowest BCUT2D eigenvalue weighted by Crippen LogP contribution is -1.98. The van der Waals surface area contributed by atoms with Gasteiger partial charge in [-0.15, -0.1) is 0 Å². The van der Waals surface area contributed by atoms with Gasteiger partial charge in [-0.2, -0.15) is 0 Å². The fraction of sp³-hybridized carbons (Fsp3) is 0.800. The number of aliphatic hydroxyl groups is 1. The van der Waals surface area contributed by atoms with Gasteiger partial charge in [-0.3, -0.25) is 0 Å². The largest absolute Gasteiger partial charge is 0.361 e. The van der Waals surface area contributed by atoms with Crippen molar-refractivity contribution >= 4 is 0 Å². The average molecular weight is 103 g/mol. The van der Waals surface area contributed by atoms with Crippen molar-refractivity contribution in [1.82, 2.24) is 0 Å². The lowest BCUT2D eigenvalue weighted by Gasteiger charge is -2.02. The Bertz CT molecular complexity index is 37.1. The second-order valence-corrected chi connectivity index (χ2v) is 1.18. The van der Waals surface area contributed by atoms with Crippen molar-refractivity contribution in [3.05, 3.63) is 6.29 Å². The summed E-state index contributed by atoms with van der Waals surface area (Å²) in [7, 11) is 0. The van der Waals surface area contributed by atoms with Crippen molar-refractivity contribution < 1.29 is 9.84 Å². The maximum absolute atomic E-state index is 8.55. The molecule has 0 amide bonds. The molecule has 43 valence electrons. The van der Waals surface area contributed by atoms with Crippen molar-refractivity contribution in [2.45, 2.75) is 20.3 Å². The number of rotatable bonds is 3. The van der Waals surface area contributed by atoms with E-state index >= 15 is 0 Å². The second-order valence-electron chi connectivity index (χ2n) is 1.18. The summed E-state index contributed by atoms with van der Waals surface area (Å²) >= 11 is 0. The van der Waals surface area contributed by atoms with E-state index in [4.69, 9.17) is 5.11 Å². The smallest absolute Gasteiger partial charge is 0.220 e. The van der Waals surface area contributed by atoms with Gasteiger partial charge in [0.05, 0.1) is 0 Å². The lowest BCUT2D eigenvalue weighted by atomic mass is 10.5. The molecule has 0 aliphatic carbocycles. The molecule has 0 aromatic rings. The Labute approximate surface area is 44.1 Å². The number of hydrogen-bond acceptors (Lipinski definition) is 2. The third kappa shape index (κ3) is 3.76. The van der Waals surface area contributed by atoms with E-state index in [0.717, 1.165) is 0 Å². The third-order valence-electron chi connectivity index (χ3n) is 0.613. The predicted molar refractivity (Wildman–Crippen MR) is 27.1 cm³/mol. The van der Waals surface area contributed by atoms with Crippen LogP contribution in [0.1, 0.15) is 20.3 Å². The number of aliphatic hydroxyl groups excluding tert-OH is 1. The number of hydrogen-bond donors (Lipinski definition) is 1. The third-order valence-corrected chi connectivity index (χ3v) is 0.613. The summed E-state index contributed by atoms with van der Waals surface area (Å²) in [6, 6.07) is 0. The van der Waals surface area contributed by atoms with E-state index in [9.17, 15) is 0 Å². The van der Waals surface area contributed by atoms with Crippen LogP contribution in [-0.2, 0) is 4.74 Å². The summed E-state index contributed by atoms with van der Waals surface area (Å²) in [6.07, 6.45) is 0.718. The van der Waals surface area contributed by atoms with E-state index < -0.39 is 0 Å². The summed E-state index contributed by atoms with van der Waals surface area (Å²) in [5, 5.41) is 8.55. The van der Waals surface area contributed by atoms with Gasteiger partial charge in [0.15, 0.2) is 0 Å². The zero-order valence-corrected chi connectivity index (χ0v) is 4.77. The standard InChI is InChI=1S/C5H11O2/c1-3-5(6)7-4-2/h6H,3-4H2,1-2H3. The highest BCUT2D eigenvalue weighted by Crippen LogP contribution is 1.99. The van der Waals surface area contributed by atoms with E-state index in [1.165, 1.54) is 0 Å². The van der Waals surface area contributed by atoms with Crippen LogP contribution in [0.2, 0.25) is 0 Å². The van der Waals surface area contributed by atoms with Crippen LogP contribution in [0.3, 0.4) is 0 Å². The molecule has 0 bridgehead atoms. The van der Waals surface area contributed by atoms with Crippen LogP contribution >= 0.6 is 0 Å². The lowest BCUT2D eigenvalue weighted by molar-refractivity contribution is 0.00806. The van der Waals surface area contributed by atoms with E-state index in [2.05, 4.69) is 4.74 Å². The molecule has 1 N–H and O–H groups in total. The molecular formula is C5H11O2. The van der Waals surface area contributed by atoms with Gasteiger partial charge in [-0.25, -0.2) is 0 Å². The van der Waals surface area contributed by atoms with Gasteiger partial charge in [-0.05, 0) is 6.92 Å². The number of ether oxygens (including phenoxy) is 1. The van der Waals surface area contributed by atoms with Crippen LogP contribution in [-0.4, -0.2) is 11.7 Å². The highest BCUT2D eigenvalue weighted by Gasteiger charge is 1.96. The SMILES string of the molecule is CCO[C](O)CC. The zero-order chi connectivity index (χ0) is 5.70. The quantitative estimate of drug-likeness (QED) is 0.583. The van der Waals surface area contributed by atoms with Crippen LogP contribution < -0.4 is 0 Å². The first-order valence-corrected chi connectivity index (χ1v) is 2.48. The normalized spacial score (nSPS) is 10.3. The topological polar surface area (TPSA) is 29.5 Å². The molecule has 0 heterocycles. The Morgan fingerprint density at radius 1 is 1.57 bits per heavy atom. The van der Waals surface area contributed by atoms with Crippen molar-refractivity contribution in [2.24, 2.45) is 0 Å². The minimum atomic E-state index is 0.127. The molecule has 0 aliphatic rings. The summed E-state index contributed by atoms with van der Waals surface area (Å²) < 4.78 is 4.66. The Hall–Kier alpha value is -0.0800. The zero-order valence-electron chi connectivity index (χ0n) is 4.77. The van der Waals surface area contributed by atoms with Gasteiger partial charge in [-0.1, -0.05) is 6.92 Å². The van der Waals surface area contributed by atoms with Gasteiger partial charge in [0, 0.05) is 13.0 Å². The molecule has 0 aromatic heterocycles. The molecule has 1 radical (unpaired) electrons. The summed E-state index contributed by atoms with van der Waals surface area (Å²) in [5.41, 5.74) is 0. The summed E-state index contributed by atoms with van der Waals surface area (Å²) in [4.78, 5) is 0. The van der Waals surface area contributed by atoms with Gasteiger partial charge in [0.1, 0.15) is 0 Å². The molecule has 0 atom stereocenters. The molecule has 0 unspecified atom stereocenters. The Morgan fingerprint density at radius 2 is 2.14 bits per heavy atom. The molecule has 0 spiro atoms. The molecule has 0 saturated carbocycles. The Kier molecular flexibility index (Phi) is 4.04. The predicted octanol–water partition coefficient (Wildman–Crippen LogP) is 1.29. The maximum Gasteiger partial charge on any atom is 0.220 e. The Balaban J connectivity index is 2.83. The molecule has 0 rings (SSSR count). The first-order chi connectivity index (χ1) is 3.31. The van der Waals surface area contributed by atoms with Crippen LogP contribution in [0.5, 0.6) is 0 Å². The minimum Gasteiger partial charge on any atom is -0.361 e. The van der Waals surface area contributed by atoms with E-state index in [-0.39, 0.29) is 6.29 Å². The molecular weight excluding hydrogens is 92.1 g/mol. The first-order valence-electron chi connectivity index (χ1n) is 2.48. The van der Waals surface area contributed by atoms with Gasteiger partial charge in [0.2, 0.25) is 6.29 Å². The van der Waals surface area contributed by atoms with Crippen LogP contribution in [0.15, 0.2) is 0 Å². The van der Waals surface area contributed by atoms with E-state index in [0.29, 0.717) is 13.0 Å². The summed E-state index contributed by atoms with van der Waals surface area (Å²) in [6.45, 7) is 4.23. The van der Waals surface area contributed by atoms with Crippen LogP contribution in [0, 0.1) is 6.29 Å². The van der Waals surface area contributed by atoms with Crippen molar-refractivity contribution in [3.8, 4) is 0 Å². The monoisotopic (exact) mass is 103 g/mol. The van der Waals surface area contributed by atoms with E-state index in [1.54, 1.807) is 0 Å². The van der Waals surface area contributed by atoms with Crippen LogP contribution in [0.4, 0.5) is 0 Å². The molecule has 2 heteroatoms. The fourth-order valence-electron chi connectivity index (χ4n) is 0.269. The highest BCUT2D eigenvalue weighted by molar-refractivity contribution is 4.54. The second kappa shape index (κ2) is 4.09. The summed E-state index contributed by atoms with van der Waals surface area (Å²) in [5.74, 6) is 0. The molecule has 0 aliphatic heterocycles. The highest BCUT2D eigenvalue weighted by atomic mass is 16.6. The maximum atomic E-state index is 8.55. The average Bonchev–Trinajstić information content (AvgIpc) is 1.68. The molecule has 0 fully saturated rings. The first kappa shape index (κ1) is 6.92. The van der Waals surface area contributed by atoms with Gasteiger partial charge >= 0.3 is 0 Å². The molecule has 7 heavy (non-hydrogen) atoms. The molecule has 0 aromatic carbocycles. The van der Waals surface area contributed by atoms with Crippen LogP contribution in [0.25, 0.3) is 0 Å². The van der Waals surface area contributed by atoms with Crippen molar-refractivity contribution in [3.63, 3.8) is 0 Å². The van der Waals surface area contributed by atoms with Gasteiger partial charge in [0.25, 0.3) is 0 Å². The van der Waals surface area contributed by atoms with Crippen molar-refractivity contribution in [2.75, 3.05) is 6.61 Å². The molecule has 0 saturated heterocycles. The van der Waals surface area contributed by atoms with E-state index in [1.807, 2.05) is 13.8 Å². The minimum absolute atomic E-state index is 0.127. The Morgan fingerprint density at radius 3 is 2.29 bits per heavy atom. The molecule has 2 nitrogen and oxygen atoms in total.